The van der Waals surface area contributed by atoms with E-state index in [4.69, 9.17) is 4.74 Å². The largest absolute Gasteiger partial charge is 0.489 e. The van der Waals surface area contributed by atoms with Crippen LogP contribution in [0.2, 0.25) is 0 Å². The molecule has 1 aliphatic heterocycles. The summed E-state index contributed by atoms with van der Waals surface area (Å²) in [5.74, 6) is 0.502. The van der Waals surface area contributed by atoms with Gasteiger partial charge in [0.2, 0.25) is 0 Å². The molecule has 1 saturated heterocycles. The molecule has 0 atom stereocenters. The van der Waals surface area contributed by atoms with Gasteiger partial charge in [-0.1, -0.05) is 42.0 Å². The van der Waals surface area contributed by atoms with Gasteiger partial charge in [0.1, 0.15) is 23.7 Å². The van der Waals surface area contributed by atoms with E-state index in [1.165, 1.54) is 11.1 Å². The van der Waals surface area contributed by atoms with Gasteiger partial charge in [-0.2, -0.15) is 0 Å². The number of benzene rings is 2. The Kier molecular flexibility index (Phi) is 6.48. The lowest BCUT2D eigenvalue weighted by Gasteiger charge is -2.35. The molecule has 0 radical (unpaired) electrons. The monoisotopic (exact) mass is 417 g/mol. The minimum absolute atomic E-state index is 0.261. The van der Waals surface area contributed by atoms with Gasteiger partial charge in [0.15, 0.2) is 0 Å². The summed E-state index contributed by atoms with van der Waals surface area (Å²) < 4.78 is 5.91. The molecule has 160 valence electrons. The van der Waals surface area contributed by atoms with E-state index in [0.717, 1.165) is 44.0 Å². The first-order valence-electron chi connectivity index (χ1n) is 10.5. The van der Waals surface area contributed by atoms with Gasteiger partial charge in [-0.3, -0.25) is 4.90 Å². The Morgan fingerprint density at radius 2 is 1.74 bits per heavy atom. The number of carbonyl (C=O) groups is 1. The van der Waals surface area contributed by atoms with Gasteiger partial charge < -0.3 is 14.7 Å². The standard InChI is InChI=1S/C25H27N3O3/c1-19-7-9-22(10-8-19)31-18-21-5-2-4-20(16-21)17-27-12-14-28(15-13-27)24-23(25(29)30)6-3-11-26-24/h2-11,16H,12-15,17-18H2,1H3,(H,29,30). The maximum Gasteiger partial charge on any atom is 0.339 e. The second-order valence-electron chi connectivity index (χ2n) is 7.86. The topological polar surface area (TPSA) is 65.9 Å². The summed E-state index contributed by atoms with van der Waals surface area (Å²) in [6.07, 6.45) is 1.65. The number of pyridine rings is 1. The fraction of sp³-hybridized carbons (Fsp3) is 0.280. The third kappa shape index (κ3) is 5.41. The van der Waals surface area contributed by atoms with Gasteiger partial charge in [0.05, 0.1) is 0 Å². The molecule has 31 heavy (non-hydrogen) atoms. The van der Waals surface area contributed by atoms with Gasteiger partial charge in [-0.25, -0.2) is 9.78 Å². The minimum atomic E-state index is -0.935. The third-order valence-electron chi connectivity index (χ3n) is 5.51. The molecule has 6 nitrogen and oxygen atoms in total. The summed E-state index contributed by atoms with van der Waals surface area (Å²) >= 11 is 0. The van der Waals surface area contributed by atoms with Crippen molar-refractivity contribution in [3.8, 4) is 5.75 Å². The zero-order chi connectivity index (χ0) is 21.6. The zero-order valence-electron chi connectivity index (χ0n) is 17.7. The predicted molar refractivity (Wildman–Crippen MR) is 121 cm³/mol. The number of anilines is 1. The Bertz CT molecular complexity index is 1030. The Morgan fingerprint density at radius 1 is 1.00 bits per heavy atom. The van der Waals surface area contributed by atoms with Gasteiger partial charge in [-0.05, 0) is 42.3 Å². The van der Waals surface area contributed by atoms with E-state index in [1.54, 1.807) is 18.3 Å². The summed E-state index contributed by atoms with van der Waals surface area (Å²) in [7, 11) is 0. The molecule has 0 unspecified atom stereocenters. The maximum atomic E-state index is 11.5. The molecule has 4 rings (SSSR count). The highest BCUT2D eigenvalue weighted by Gasteiger charge is 2.22. The van der Waals surface area contributed by atoms with E-state index in [0.29, 0.717) is 12.4 Å². The van der Waals surface area contributed by atoms with E-state index in [2.05, 4.69) is 58.1 Å². The summed E-state index contributed by atoms with van der Waals surface area (Å²) in [6.45, 7) is 6.71. The van der Waals surface area contributed by atoms with Crippen LogP contribution in [0.1, 0.15) is 27.0 Å². The van der Waals surface area contributed by atoms with Crippen molar-refractivity contribution in [2.75, 3.05) is 31.1 Å². The lowest BCUT2D eigenvalue weighted by molar-refractivity contribution is 0.0697. The molecule has 1 N–H and O–H groups in total. The lowest BCUT2D eigenvalue weighted by Crippen LogP contribution is -2.46. The van der Waals surface area contributed by atoms with Crippen LogP contribution in [0.15, 0.2) is 66.9 Å². The maximum absolute atomic E-state index is 11.5. The molecule has 2 aromatic carbocycles. The fourth-order valence-corrected chi connectivity index (χ4v) is 3.81. The second kappa shape index (κ2) is 9.62. The van der Waals surface area contributed by atoms with Crippen molar-refractivity contribution in [3.05, 3.63) is 89.1 Å². The SMILES string of the molecule is Cc1ccc(OCc2cccc(CN3CCN(c4ncccc4C(=O)O)CC3)c2)cc1. The van der Waals surface area contributed by atoms with E-state index < -0.39 is 5.97 Å². The van der Waals surface area contributed by atoms with Gasteiger partial charge in [0.25, 0.3) is 0 Å². The molecule has 0 bridgehead atoms. The average molecular weight is 418 g/mol. The molecule has 1 fully saturated rings. The van der Waals surface area contributed by atoms with E-state index in [-0.39, 0.29) is 5.56 Å². The van der Waals surface area contributed by atoms with E-state index in [1.807, 2.05) is 12.1 Å². The predicted octanol–water partition coefficient (Wildman–Crippen LogP) is 3.99. The fourth-order valence-electron chi connectivity index (χ4n) is 3.81. The van der Waals surface area contributed by atoms with Crippen molar-refractivity contribution in [2.24, 2.45) is 0 Å². The highest BCUT2D eigenvalue weighted by atomic mass is 16.5. The van der Waals surface area contributed by atoms with Gasteiger partial charge >= 0.3 is 5.97 Å². The first kappa shape index (κ1) is 20.9. The number of ether oxygens (including phenoxy) is 1. The van der Waals surface area contributed by atoms with Gasteiger partial charge in [-0.15, -0.1) is 0 Å². The number of hydrogen-bond donors (Lipinski definition) is 1. The Labute approximate surface area is 182 Å². The van der Waals surface area contributed by atoms with Crippen LogP contribution in [0.4, 0.5) is 5.82 Å². The number of aromatic carboxylic acids is 1. The molecule has 0 amide bonds. The molecule has 0 aliphatic carbocycles. The number of carboxylic acid groups (broad SMARTS) is 1. The van der Waals surface area contributed by atoms with Crippen molar-refractivity contribution < 1.29 is 14.6 Å². The second-order valence-corrected chi connectivity index (χ2v) is 7.86. The van der Waals surface area contributed by atoms with Crippen molar-refractivity contribution in [1.82, 2.24) is 9.88 Å². The molecule has 2 heterocycles. The smallest absolute Gasteiger partial charge is 0.339 e. The molecule has 0 saturated carbocycles. The summed E-state index contributed by atoms with van der Waals surface area (Å²) in [5, 5.41) is 9.41. The van der Waals surface area contributed by atoms with Crippen LogP contribution in [0.3, 0.4) is 0 Å². The number of piperazine rings is 1. The lowest BCUT2D eigenvalue weighted by atomic mass is 10.1. The normalized spacial score (nSPS) is 14.4. The third-order valence-corrected chi connectivity index (χ3v) is 5.51. The number of hydrogen-bond acceptors (Lipinski definition) is 5. The van der Waals surface area contributed by atoms with Crippen molar-refractivity contribution in [1.29, 1.82) is 0 Å². The number of nitrogens with zero attached hydrogens (tertiary/aromatic N) is 3. The zero-order valence-corrected chi connectivity index (χ0v) is 17.7. The van der Waals surface area contributed by atoms with Crippen LogP contribution in [-0.2, 0) is 13.2 Å². The highest BCUT2D eigenvalue weighted by Crippen LogP contribution is 2.20. The minimum Gasteiger partial charge on any atom is -0.489 e. The van der Waals surface area contributed by atoms with Crippen molar-refractivity contribution in [2.45, 2.75) is 20.1 Å². The summed E-state index contributed by atoms with van der Waals surface area (Å²) in [4.78, 5) is 20.2. The highest BCUT2D eigenvalue weighted by molar-refractivity contribution is 5.93. The van der Waals surface area contributed by atoms with Crippen LogP contribution in [0.5, 0.6) is 5.75 Å². The first-order valence-corrected chi connectivity index (χ1v) is 10.5. The first-order chi connectivity index (χ1) is 15.1. The molecular formula is C25H27N3O3. The molecule has 0 spiro atoms. The van der Waals surface area contributed by atoms with E-state index >= 15 is 0 Å². The van der Waals surface area contributed by atoms with Crippen molar-refractivity contribution >= 4 is 11.8 Å². The van der Waals surface area contributed by atoms with Crippen LogP contribution < -0.4 is 9.64 Å². The van der Waals surface area contributed by atoms with Crippen LogP contribution >= 0.6 is 0 Å². The molecular weight excluding hydrogens is 390 g/mol. The van der Waals surface area contributed by atoms with Crippen molar-refractivity contribution in [3.63, 3.8) is 0 Å². The quantitative estimate of drug-likeness (QED) is 0.627. The van der Waals surface area contributed by atoms with Gasteiger partial charge in [0, 0.05) is 38.9 Å². The van der Waals surface area contributed by atoms with Crippen LogP contribution in [0, 0.1) is 6.92 Å². The van der Waals surface area contributed by atoms with Crippen LogP contribution in [-0.4, -0.2) is 47.1 Å². The number of carboxylic acids is 1. The number of aryl methyl sites for hydroxylation is 1. The number of aromatic nitrogens is 1. The summed E-state index contributed by atoms with van der Waals surface area (Å²) in [6, 6.07) is 19.9. The molecule has 6 heteroatoms. The van der Waals surface area contributed by atoms with Crippen LogP contribution in [0.25, 0.3) is 0 Å². The Balaban J connectivity index is 1.32. The molecule has 1 aromatic heterocycles. The van der Waals surface area contributed by atoms with E-state index in [9.17, 15) is 9.90 Å². The summed E-state index contributed by atoms with van der Waals surface area (Å²) in [5.41, 5.74) is 3.88. The molecule has 3 aromatic rings. The Morgan fingerprint density at radius 3 is 2.48 bits per heavy atom. The average Bonchev–Trinajstić information content (AvgIpc) is 2.79. The Hall–Kier alpha value is -3.38. The number of rotatable bonds is 7. The molecule has 1 aliphatic rings.